The molecule has 152 valence electrons. The second-order valence-corrected chi connectivity index (χ2v) is 8.62. The topological polar surface area (TPSA) is 81.1 Å². The Morgan fingerprint density at radius 2 is 1.87 bits per heavy atom. The van der Waals surface area contributed by atoms with Crippen LogP contribution in [0.2, 0.25) is 5.02 Å². The number of nitrogens with zero attached hydrogens (tertiary/aromatic N) is 2. The van der Waals surface area contributed by atoms with Gasteiger partial charge in [-0.15, -0.1) is 0 Å². The summed E-state index contributed by atoms with van der Waals surface area (Å²) in [4.78, 5) is 43.5. The molecule has 0 saturated heterocycles. The molecular formula is C23H20ClN3O3. The number of carbonyl (C=O) groups excluding carboxylic acids is 2. The van der Waals surface area contributed by atoms with Crippen molar-refractivity contribution in [1.82, 2.24) is 9.55 Å². The molecule has 1 aliphatic rings. The fourth-order valence-corrected chi connectivity index (χ4v) is 3.93. The zero-order valence-corrected chi connectivity index (χ0v) is 17.4. The number of hydrogen-bond acceptors (Lipinski definition) is 4. The number of halogens is 1. The van der Waals surface area contributed by atoms with Gasteiger partial charge in [0, 0.05) is 35.1 Å². The Morgan fingerprint density at radius 1 is 1.13 bits per heavy atom. The molecule has 1 amide bonds. The zero-order chi connectivity index (χ0) is 21.5. The van der Waals surface area contributed by atoms with Gasteiger partial charge in [0.05, 0.1) is 11.9 Å². The van der Waals surface area contributed by atoms with E-state index in [1.807, 2.05) is 13.8 Å². The van der Waals surface area contributed by atoms with E-state index in [1.54, 1.807) is 48.8 Å². The first-order valence-electron chi connectivity index (χ1n) is 9.54. The van der Waals surface area contributed by atoms with Crippen molar-refractivity contribution in [1.29, 1.82) is 0 Å². The van der Waals surface area contributed by atoms with Crippen molar-refractivity contribution < 1.29 is 9.59 Å². The van der Waals surface area contributed by atoms with Gasteiger partial charge in [0.15, 0.2) is 5.78 Å². The SMILES string of the molecule is CC1(C)CC(=O)c2cn(-c3ccc(Cl)cc3)c(=O)c(C(=O)Nc3cccnc3)c2C1. The zero-order valence-electron chi connectivity index (χ0n) is 16.6. The first-order chi connectivity index (χ1) is 14.2. The lowest BCUT2D eigenvalue weighted by Crippen LogP contribution is -2.37. The molecule has 4 rings (SSSR count). The van der Waals surface area contributed by atoms with E-state index < -0.39 is 11.5 Å². The molecule has 1 aliphatic carbocycles. The molecule has 0 saturated carbocycles. The summed E-state index contributed by atoms with van der Waals surface area (Å²) in [6, 6.07) is 10.0. The molecule has 2 heterocycles. The van der Waals surface area contributed by atoms with E-state index in [4.69, 9.17) is 11.6 Å². The molecule has 1 N–H and O–H groups in total. The summed E-state index contributed by atoms with van der Waals surface area (Å²) >= 11 is 5.97. The maximum Gasteiger partial charge on any atom is 0.268 e. The van der Waals surface area contributed by atoms with Gasteiger partial charge in [0.25, 0.3) is 11.5 Å². The van der Waals surface area contributed by atoms with Crippen molar-refractivity contribution in [3.05, 3.63) is 87.1 Å². The molecule has 6 nitrogen and oxygen atoms in total. The highest BCUT2D eigenvalue weighted by Crippen LogP contribution is 2.36. The number of anilines is 1. The summed E-state index contributed by atoms with van der Waals surface area (Å²) < 4.78 is 1.34. The molecule has 0 bridgehead atoms. The van der Waals surface area contributed by atoms with Crippen molar-refractivity contribution in [2.45, 2.75) is 26.7 Å². The number of fused-ring (bicyclic) bond motifs is 1. The Morgan fingerprint density at radius 3 is 2.53 bits per heavy atom. The second kappa shape index (κ2) is 7.54. The number of rotatable bonds is 3. The number of ketones is 1. The van der Waals surface area contributed by atoms with E-state index in [1.165, 1.54) is 10.8 Å². The summed E-state index contributed by atoms with van der Waals surface area (Å²) in [5.74, 6) is -0.641. The quantitative estimate of drug-likeness (QED) is 0.683. The van der Waals surface area contributed by atoms with Crippen LogP contribution in [0.3, 0.4) is 0 Å². The van der Waals surface area contributed by atoms with Crippen LogP contribution in [0, 0.1) is 5.41 Å². The number of amides is 1. The van der Waals surface area contributed by atoms with Crippen LogP contribution in [0.4, 0.5) is 5.69 Å². The highest BCUT2D eigenvalue weighted by atomic mass is 35.5. The monoisotopic (exact) mass is 421 g/mol. The minimum absolute atomic E-state index is 0.0209. The summed E-state index contributed by atoms with van der Waals surface area (Å²) in [7, 11) is 0. The summed E-state index contributed by atoms with van der Waals surface area (Å²) in [6.45, 7) is 3.92. The number of pyridine rings is 2. The standard InChI is InChI=1S/C23H20ClN3O3/c1-23(2)10-17-18(19(28)11-23)13-27(16-7-5-14(24)6-8-16)22(30)20(17)21(29)26-15-4-3-9-25-12-15/h3-9,12-13H,10-11H2,1-2H3,(H,26,29). The number of nitrogens with one attached hydrogen (secondary N) is 1. The third kappa shape index (κ3) is 3.78. The fourth-order valence-electron chi connectivity index (χ4n) is 3.80. The van der Waals surface area contributed by atoms with Crippen LogP contribution in [0.5, 0.6) is 0 Å². The highest BCUT2D eigenvalue weighted by molar-refractivity contribution is 6.30. The lowest BCUT2D eigenvalue weighted by atomic mass is 9.73. The Hall–Kier alpha value is -3.25. The maximum absolute atomic E-state index is 13.4. The number of benzene rings is 1. The van der Waals surface area contributed by atoms with E-state index in [0.29, 0.717) is 40.4 Å². The van der Waals surface area contributed by atoms with E-state index in [2.05, 4.69) is 10.3 Å². The second-order valence-electron chi connectivity index (χ2n) is 8.18. The van der Waals surface area contributed by atoms with Gasteiger partial charge >= 0.3 is 0 Å². The predicted octanol–water partition coefficient (Wildman–Crippen LogP) is 4.29. The van der Waals surface area contributed by atoms with Crippen LogP contribution in [0.15, 0.2) is 59.8 Å². The molecule has 0 radical (unpaired) electrons. The average Bonchev–Trinajstić information content (AvgIpc) is 2.68. The Bertz CT molecular complexity index is 1200. The summed E-state index contributed by atoms with van der Waals surface area (Å²) in [6.07, 6.45) is 5.44. The van der Waals surface area contributed by atoms with Gasteiger partial charge < -0.3 is 5.32 Å². The smallest absolute Gasteiger partial charge is 0.268 e. The molecule has 0 spiro atoms. The van der Waals surface area contributed by atoms with Crippen molar-refractivity contribution >= 4 is 29.0 Å². The molecule has 0 fully saturated rings. The van der Waals surface area contributed by atoms with Crippen LogP contribution >= 0.6 is 11.6 Å². The van der Waals surface area contributed by atoms with Crippen molar-refractivity contribution in [2.75, 3.05) is 5.32 Å². The summed E-state index contributed by atoms with van der Waals surface area (Å²) in [5.41, 5.74) is 1.05. The summed E-state index contributed by atoms with van der Waals surface area (Å²) in [5, 5.41) is 3.26. The maximum atomic E-state index is 13.4. The first-order valence-corrected chi connectivity index (χ1v) is 9.92. The normalized spacial score (nSPS) is 14.8. The van der Waals surface area contributed by atoms with Crippen LogP contribution in [-0.2, 0) is 6.42 Å². The van der Waals surface area contributed by atoms with Crippen LogP contribution in [-0.4, -0.2) is 21.2 Å². The number of carbonyl (C=O) groups is 2. The highest BCUT2D eigenvalue weighted by Gasteiger charge is 2.36. The predicted molar refractivity (Wildman–Crippen MR) is 116 cm³/mol. The van der Waals surface area contributed by atoms with E-state index in [-0.39, 0.29) is 16.8 Å². The lowest BCUT2D eigenvalue weighted by Gasteiger charge is -2.31. The van der Waals surface area contributed by atoms with Crippen molar-refractivity contribution in [3.63, 3.8) is 0 Å². The van der Waals surface area contributed by atoms with Gasteiger partial charge in [-0.3, -0.25) is 23.9 Å². The van der Waals surface area contributed by atoms with Gasteiger partial charge in [-0.2, -0.15) is 0 Å². The first kappa shape index (κ1) is 20.0. The van der Waals surface area contributed by atoms with E-state index in [0.717, 1.165) is 0 Å². The van der Waals surface area contributed by atoms with Crippen molar-refractivity contribution in [2.24, 2.45) is 5.41 Å². The van der Waals surface area contributed by atoms with Gasteiger partial charge in [-0.1, -0.05) is 25.4 Å². The van der Waals surface area contributed by atoms with E-state index in [9.17, 15) is 14.4 Å². The molecule has 0 aliphatic heterocycles. The van der Waals surface area contributed by atoms with Crippen LogP contribution in [0.25, 0.3) is 5.69 Å². The minimum atomic E-state index is -0.557. The molecule has 2 aromatic heterocycles. The number of Topliss-reactive ketones (excluding diaryl/α,β-unsaturated/α-hetero) is 1. The molecule has 7 heteroatoms. The Balaban J connectivity index is 1.92. The molecule has 30 heavy (non-hydrogen) atoms. The minimum Gasteiger partial charge on any atom is -0.320 e. The van der Waals surface area contributed by atoms with Crippen LogP contribution < -0.4 is 10.9 Å². The molecule has 3 aromatic rings. The van der Waals surface area contributed by atoms with Gasteiger partial charge in [-0.25, -0.2) is 0 Å². The Labute approximate surface area is 178 Å². The van der Waals surface area contributed by atoms with E-state index >= 15 is 0 Å². The number of hydrogen-bond donors (Lipinski definition) is 1. The molecule has 0 unspecified atom stereocenters. The molecule has 0 atom stereocenters. The van der Waals surface area contributed by atoms with Crippen molar-refractivity contribution in [3.8, 4) is 5.69 Å². The largest absolute Gasteiger partial charge is 0.320 e. The molecule has 1 aromatic carbocycles. The molecular weight excluding hydrogens is 402 g/mol. The average molecular weight is 422 g/mol. The number of aromatic nitrogens is 2. The lowest BCUT2D eigenvalue weighted by molar-refractivity contribution is 0.0910. The third-order valence-electron chi connectivity index (χ3n) is 5.16. The third-order valence-corrected chi connectivity index (χ3v) is 5.42. The Kier molecular flexibility index (Phi) is 5.03. The van der Waals surface area contributed by atoms with Crippen LogP contribution in [0.1, 0.15) is 46.5 Å². The van der Waals surface area contributed by atoms with Gasteiger partial charge in [0.2, 0.25) is 0 Å². The van der Waals surface area contributed by atoms with Gasteiger partial charge in [-0.05, 0) is 53.8 Å². The fraction of sp³-hybridized carbons (Fsp3) is 0.217. The van der Waals surface area contributed by atoms with Gasteiger partial charge in [0.1, 0.15) is 5.56 Å².